The Hall–Kier alpha value is 0. The van der Waals surface area contributed by atoms with Crippen LogP contribution in [0.3, 0.4) is 0 Å². The van der Waals surface area contributed by atoms with Crippen molar-refractivity contribution < 1.29 is 0 Å². The van der Waals surface area contributed by atoms with Crippen molar-refractivity contribution in [3.63, 3.8) is 0 Å². The highest BCUT2D eigenvalue weighted by molar-refractivity contribution is 4.76. The van der Waals surface area contributed by atoms with Gasteiger partial charge in [0.25, 0.3) is 0 Å². The van der Waals surface area contributed by atoms with E-state index in [-0.39, 0.29) is 0 Å². The second-order valence-electron chi connectivity index (χ2n) is 3.57. The molecule has 0 saturated carbocycles. The fourth-order valence-electron chi connectivity index (χ4n) is 1.40. The third-order valence-corrected chi connectivity index (χ3v) is 2.36. The Bertz CT molecular complexity index is 76.1. The minimum absolute atomic E-state index is 0.788. The second kappa shape index (κ2) is 9.09. The molecule has 0 aliphatic rings. The number of rotatable bonds is 8. The first kappa shape index (κ1) is 12.0. The van der Waals surface area contributed by atoms with Crippen LogP contribution in [-0.4, -0.2) is 0 Å². The third-order valence-electron chi connectivity index (χ3n) is 2.36. The summed E-state index contributed by atoms with van der Waals surface area (Å²) in [7, 11) is 0. The Morgan fingerprint density at radius 3 is 2.33 bits per heavy atom. The SMILES string of the molecule is [CH2]CC([CH]CCCC)CCCC. The van der Waals surface area contributed by atoms with Gasteiger partial charge >= 0.3 is 0 Å². The standard InChI is InChI=1S/C12H24/c1-4-7-9-11-12(6-3)10-8-5-2/h11-12H,3-10H2,1-2H3. The van der Waals surface area contributed by atoms with Crippen molar-refractivity contribution in [1.29, 1.82) is 0 Å². The predicted octanol–water partition coefficient (Wildman–Crippen LogP) is 4.41. The predicted molar refractivity (Wildman–Crippen MR) is 56.8 cm³/mol. The maximum atomic E-state index is 3.99. The summed E-state index contributed by atoms with van der Waals surface area (Å²) >= 11 is 0. The normalized spacial score (nSPS) is 13.2. The molecular formula is C12H24. The molecule has 0 spiro atoms. The first-order chi connectivity index (χ1) is 5.85. The van der Waals surface area contributed by atoms with Crippen molar-refractivity contribution in [2.45, 2.75) is 58.8 Å². The lowest BCUT2D eigenvalue weighted by atomic mass is 9.93. The van der Waals surface area contributed by atoms with Gasteiger partial charge in [-0.05, 0) is 18.8 Å². The van der Waals surface area contributed by atoms with Crippen LogP contribution < -0.4 is 0 Å². The summed E-state index contributed by atoms with van der Waals surface area (Å²) in [6.45, 7) is 8.49. The quantitative estimate of drug-likeness (QED) is 0.471. The zero-order chi connectivity index (χ0) is 9.23. The molecule has 0 bridgehead atoms. The van der Waals surface area contributed by atoms with Gasteiger partial charge in [0, 0.05) is 0 Å². The van der Waals surface area contributed by atoms with Gasteiger partial charge in [-0.1, -0.05) is 59.3 Å². The molecule has 1 atom stereocenters. The highest BCUT2D eigenvalue weighted by Gasteiger charge is 2.04. The summed E-state index contributed by atoms with van der Waals surface area (Å²) < 4.78 is 0. The minimum atomic E-state index is 0.788. The molecule has 2 radical (unpaired) electrons. The minimum Gasteiger partial charge on any atom is -0.0654 e. The van der Waals surface area contributed by atoms with Gasteiger partial charge < -0.3 is 0 Å². The van der Waals surface area contributed by atoms with Crippen LogP contribution in [0.25, 0.3) is 0 Å². The van der Waals surface area contributed by atoms with E-state index >= 15 is 0 Å². The molecule has 0 heteroatoms. The molecule has 0 aromatic carbocycles. The Morgan fingerprint density at radius 1 is 1.17 bits per heavy atom. The molecule has 0 fully saturated rings. The number of hydrogen-bond donors (Lipinski definition) is 0. The van der Waals surface area contributed by atoms with Gasteiger partial charge in [-0.2, -0.15) is 0 Å². The van der Waals surface area contributed by atoms with Crippen molar-refractivity contribution >= 4 is 0 Å². The van der Waals surface area contributed by atoms with Crippen LogP contribution in [0.5, 0.6) is 0 Å². The Balaban J connectivity index is 3.26. The maximum Gasteiger partial charge on any atom is -0.0355 e. The molecule has 72 valence electrons. The highest BCUT2D eigenvalue weighted by atomic mass is 14.1. The van der Waals surface area contributed by atoms with Gasteiger partial charge in [-0.15, -0.1) is 0 Å². The molecule has 0 aromatic rings. The van der Waals surface area contributed by atoms with Crippen LogP contribution in [0, 0.1) is 19.3 Å². The zero-order valence-electron chi connectivity index (χ0n) is 8.81. The molecule has 0 aromatic heterocycles. The van der Waals surface area contributed by atoms with Crippen LogP contribution in [0.1, 0.15) is 58.8 Å². The third kappa shape index (κ3) is 6.69. The van der Waals surface area contributed by atoms with Crippen LogP contribution in [-0.2, 0) is 0 Å². The van der Waals surface area contributed by atoms with Gasteiger partial charge in [-0.3, -0.25) is 0 Å². The summed E-state index contributed by atoms with van der Waals surface area (Å²) in [5.74, 6) is 0.788. The van der Waals surface area contributed by atoms with E-state index in [1.165, 1.54) is 38.5 Å². The van der Waals surface area contributed by atoms with Crippen molar-refractivity contribution in [3.8, 4) is 0 Å². The fraction of sp³-hybridized carbons (Fsp3) is 0.833. The fourth-order valence-corrected chi connectivity index (χ4v) is 1.40. The van der Waals surface area contributed by atoms with E-state index in [0.717, 1.165) is 12.3 Å². The smallest absolute Gasteiger partial charge is 0.0355 e. The molecule has 0 aliphatic heterocycles. The molecule has 1 unspecified atom stereocenters. The molecule has 12 heavy (non-hydrogen) atoms. The Morgan fingerprint density at radius 2 is 1.83 bits per heavy atom. The van der Waals surface area contributed by atoms with E-state index in [1.807, 2.05) is 0 Å². The van der Waals surface area contributed by atoms with E-state index < -0.39 is 0 Å². The monoisotopic (exact) mass is 168 g/mol. The first-order valence-corrected chi connectivity index (χ1v) is 5.47. The molecule has 0 aliphatic carbocycles. The van der Waals surface area contributed by atoms with E-state index in [4.69, 9.17) is 0 Å². The zero-order valence-corrected chi connectivity index (χ0v) is 8.81. The van der Waals surface area contributed by atoms with Crippen LogP contribution in [0.4, 0.5) is 0 Å². The van der Waals surface area contributed by atoms with Gasteiger partial charge in [-0.25, -0.2) is 0 Å². The number of hydrogen-bond acceptors (Lipinski definition) is 0. The molecule has 0 N–H and O–H groups in total. The highest BCUT2D eigenvalue weighted by Crippen LogP contribution is 2.18. The van der Waals surface area contributed by atoms with Crippen molar-refractivity contribution in [1.82, 2.24) is 0 Å². The average molecular weight is 168 g/mol. The van der Waals surface area contributed by atoms with E-state index in [2.05, 4.69) is 27.2 Å². The lowest BCUT2D eigenvalue weighted by molar-refractivity contribution is 0.505. The molecule has 0 nitrogen and oxygen atoms in total. The van der Waals surface area contributed by atoms with E-state index in [1.54, 1.807) is 0 Å². The van der Waals surface area contributed by atoms with Gasteiger partial charge in [0.1, 0.15) is 0 Å². The molecule has 0 rings (SSSR count). The molecule has 0 amide bonds. The topological polar surface area (TPSA) is 0 Å². The summed E-state index contributed by atoms with van der Waals surface area (Å²) in [6, 6.07) is 0. The maximum absolute atomic E-state index is 3.99. The summed E-state index contributed by atoms with van der Waals surface area (Å²) in [6.07, 6.45) is 11.6. The van der Waals surface area contributed by atoms with Gasteiger partial charge in [0.2, 0.25) is 0 Å². The number of unbranched alkanes of at least 4 members (excludes halogenated alkanes) is 3. The van der Waals surface area contributed by atoms with Crippen LogP contribution in [0.15, 0.2) is 0 Å². The van der Waals surface area contributed by atoms with Crippen molar-refractivity contribution in [3.05, 3.63) is 13.3 Å². The Kier molecular flexibility index (Phi) is 9.09. The van der Waals surface area contributed by atoms with Gasteiger partial charge in [0.05, 0.1) is 0 Å². The molecule has 0 saturated heterocycles. The van der Waals surface area contributed by atoms with E-state index in [9.17, 15) is 0 Å². The Labute approximate surface area is 78.8 Å². The summed E-state index contributed by atoms with van der Waals surface area (Å²) in [4.78, 5) is 0. The molecular weight excluding hydrogens is 144 g/mol. The summed E-state index contributed by atoms with van der Waals surface area (Å²) in [5, 5.41) is 0. The summed E-state index contributed by atoms with van der Waals surface area (Å²) in [5.41, 5.74) is 0. The van der Waals surface area contributed by atoms with E-state index in [0.29, 0.717) is 0 Å². The van der Waals surface area contributed by atoms with Crippen molar-refractivity contribution in [2.75, 3.05) is 0 Å². The first-order valence-electron chi connectivity index (χ1n) is 5.47. The average Bonchev–Trinajstić information content (AvgIpc) is 2.11. The lowest BCUT2D eigenvalue weighted by Gasteiger charge is -2.12. The van der Waals surface area contributed by atoms with Gasteiger partial charge in [0.15, 0.2) is 0 Å². The lowest BCUT2D eigenvalue weighted by Crippen LogP contribution is -1.99. The van der Waals surface area contributed by atoms with Crippen molar-refractivity contribution in [2.24, 2.45) is 5.92 Å². The molecule has 0 heterocycles. The van der Waals surface area contributed by atoms with Crippen LogP contribution >= 0.6 is 0 Å². The largest absolute Gasteiger partial charge is 0.0654 e. The second-order valence-corrected chi connectivity index (χ2v) is 3.57. The van der Waals surface area contributed by atoms with Crippen LogP contribution in [0.2, 0.25) is 0 Å².